The number of fused-ring (bicyclic) bond motifs is 1. The minimum absolute atomic E-state index is 0.0450. The lowest BCUT2D eigenvalue weighted by atomic mass is 9.90. The first-order valence-corrected chi connectivity index (χ1v) is 7.78. The maximum Gasteiger partial charge on any atom is 0.306 e. The summed E-state index contributed by atoms with van der Waals surface area (Å²) in [6.07, 6.45) is 2.49. The van der Waals surface area contributed by atoms with Gasteiger partial charge in [0.2, 0.25) is 0 Å². The largest absolute Gasteiger partial charge is 0.463 e. The first kappa shape index (κ1) is 15.6. The highest BCUT2D eigenvalue weighted by molar-refractivity contribution is 5.83. The molecule has 2 nitrogen and oxygen atoms in total. The lowest BCUT2D eigenvalue weighted by molar-refractivity contribution is -0.147. The second-order valence-electron chi connectivity index (χ2n) is 5.83. The van der Waals surface area contributed by atoms with Gasteiger partial charge in [0.15, 0.2) is 0 Å². The van der Waals surface area contributed by atoms with Crippen molar-refractivity contribution in [1.82, 2.24) is 0 Å². The van der Waals surface area contributed by atoms with E-state index in [1.807, 2.05) is 26.0 Å². The molecule has 0 fully saturated rings. The fourth-order valence-electron chi connectivity index (χ4n) is 2.71. The van der Waals surface area contributed by atoms with Crippen LogP contribution < -0.4 is 0 Å². The van der Waals surface area contributed by atoms with Crippen molar-refractivity contribution in [2.45, 2.75) is 52.1 Å². The van der Waals surface area contributed by atoms with E-state index in [0.29, 0.717) is 6.42 Å². The standard InChI is InChI=1S/C19H24O2/c1-4-7-16(13-19(20)21-14(2)3)18-11-10-15-8-5-6-9-17(15)12-18/h5-6,8-12,14,16H,4,7,13H2,1-3H3/t16-/m1/s1. The average molecular weight is 284 g/mol. The highest BCUT2D eigenvalue weighted by atomic mass is 16.5. The fourth-order valence-corrected chi connectivity index (χ4v) is 2.71. The second kappa shape index (κ2) is 7.26. The molecule has 0 heterocycles. The van der Waals surface area contributed by atoms with E-state index in [-0.39, 0.29) is 18.0 Å². The van der Waals surface area contributed by atoms with E-state index >= 15 is 0 Å². The summed E-state index contributed by atoms with van der Waals surface area (Å²) in [6, 6.07) is 14.8. The molecule has 2 rings (SSSR count). The highest BCUT2D eigenvalue weighted by Gasteiger charge is 2.17. The van der Waals surface area contributed by atoms with E-state index < -0.39 is 0 Å². The van der Waals surface area contributed by atoms with Crippen LogP contribution in [0.5, 0.6) is 0 Å². The molecule has 21 heavy (non-hydrogen) atoms. The maximum absolute atomic E-state index is 12.0. The molecule has 2 heteroatoms. The van der Waals surface area contributed by atoms with E-state index in [4.69, 9.17) is 4.74 Å². The molecule has 0 radical (unpaired) electrons. The van der Waals surface area contributed by atoms with Crippen molar-refractivity contribution in [3.05, 3.63) is 48.0 Å². The van der Waals surface area contributed by atoms with Crippen LogP contribution in [0.25, 0.3) is 10.8 Å². The molecule has 0 saturated heterocycles. The van der Waals surface area contributed by atoms with Gasteiger partial charge in [-0.05, 0) is 42.5 Å². The molecule has 0 N–H and O–H groups in total. The zero-order valence-corrected chi connectivity index (χ0v) is 13.1. The normalized spacial score (nSPS) is 12.6. The summed E-state index contributed by atoms with van der Waals surface area (Å²) < 4.78 is 5.30. The van der Waals surface area contributed by atoms with Crippen LogP contribution in [0.4, 0.5) is 0 Å². The van der Waals surface area contributed by atoms with Crippen LogP contribution in [-0.2, 0) is 9.53 Å². The molecule has 1 atom stereocenters. The van der Waals surface area contributed by atoms with Gasteiger partial charge in [0.25, 0.3) is 0 Å². The number of carbonyl (C=O) groups excluding carboxylic acids is 1. The van der Waals surface area contributed by atoms with Crippen molar-refractivity contribution in [1.29, 1.82) is 0 Å². The van der Waals surface area contributed by atoms with Gasteiger partial charge in [-0.2, -0.15) is 0 Å². The molecule has 0 bridgehead atoms. The Bertz CT molecular complexity index is 601. The molecule has 112 valence electrons. The maximum atomic E-state index is 12.0. The Balaban J connectivity index is 2.20. The zero-order valence-electron chi connectivity index (χ0n) is 13.1. The van der Waals surface area contributed by atoms with E-state index in [1.165, 1.54) is 16.3 Å². The molecule has 2 aromatic rings. The Morgan fingerprint density at radius 2 is 1.81 bits per heavy atom. The summed E-state index contributed by atoms with van der Waals surface area (Å²) in [5, 5.41) is 2.47. The Morgan fingerprint density at radius 3 is 2.48 bits per heavy atom. The van der Waals surface area contributed by atoms with Gasteiger partial charge in [0.1, 0.15) is 0 Å². The predicted molar refractivity (Wildman–Crippen MR) is 87.4 cm³/mol. The molecule has 0 aliphatic rings. The number of ether oxygens (including phenoxy) is 1. The quantitative estimate of drug-likeness (QED) is 0.693. The molecule has 0 aliphatic carbocycles. The third-order valence-corrected chi connectivity index (χ3v) is 3.66. The summed E-state index contributed by atoms with van der Waals surface area (Å²) in [6.45, 7) is 5.94. The van der Waals surface area contributed by atoms with Gasteiger partial charge < -0.3 is 4.74 Å². The lowest BCUT2D eigenvalue weighted by Crippen LogP contribution is -2.15. The minimum Gasteiger partial charge on any atom is -0.463 e. The lowest BCUT2D eigenvalue weighted by Gasteiger charge is -2.17. The van der Waals surface area contributed by atoms with Crippen LogP contribution >= 0.6 is 0 Å². The zero-order chi connectivity index (χ0) is 15.2. The highest BCUT2D eigenvalue weighted by Crippen LogP contribution is 2.28. The molecule has 2 aromatic carbocycles. The third kappa shape index (κ3) is 4.32. The smallest absolute Gasteiger partial charge is 0.306 e. The van der Waals surface area contributed by atoms with Gasteiger partial charge in [-0.15, -0.1) is 0 Å². The topological polar surface area (TPSA) is 26.3 Å². The first-order chi connectivity index (χ1) is 10.1. The first-order valence-electron chi connectivity index (χ1n) is 7.78. The molecule has 0 saturated carbocycles. The fraction of sp³-hybridized carbons (Fsp3) is 0.421. The van der Waals surface area contributed by atoms with Crippen LogP contribution in [0.3, 0.4) is 0 Å². The SMILES string of the molecule is CCC[C@H](CC(=O)OC(C)C)c1ccc2ccccc2c1. The average Bonchev–Trinajstić information content (AvgIpc) is 2.45. The molecule has 0 aromatic heterocycles. The number of benzene rings is 2. The van der Waals surface area contributed by atoms with Gasteiger partial charge in [-0.25, -0.2) is 0 Å². The number of rotatable bonds is 6. The Kier molecular flexibility index (Phi) is 5.38. The Hall–Kier alpha value is -1.83. The van der Waals surface area contributed by atoms with Gasteiger partial charge in [-0.1, -0.05) is 55.8 Å². The monoisotopic (exact) mass is 284 g/mol. The minimum atomic E-state index is -0.100. The number of carbonyl (C=O) groups is 1. The van der Waals surface area contributed by atoms with Gasteiger partial charge in [0.05, 0.1) is 12.5 Å². The van der Waals surface area contributed by atoms with Crippen molar-refractivity contribution in [3.8, 4) is 0 Å². The molecular formula is C19H24O2. The Labute approximate surface area is 127 Å². The molecule has 0 amide bonds. The van der Waals surface area contributed by atoms with E-state index in [0.717, 1.165) is 12.8 Å². The van der Waals surface area contributed by atoms with Crippen LogP contribution in [0, 0.1) is 0 Å². The molecule has 0 aliphatic heterocycles. The van der Waals surface area contributed by atoms with Crippen molar-refractivity contribution < 1.29 is 9.53 Å². The van der Waals surface area contributed by atoms with E-state index in [1.54, 1.807) is 0 Å². The summed E-state index contributed by atoms with van der Waals surface area (Å²) in [7, 11) is 0. The Morgan fingerprint density at radius 1 is 1.10 bits per heavy atom. The predicted octanol–water partition coefficient (Wildman–Crippen LogP) is 5.07. The van der Waals surface area contributed by atoms with E-state index in [2.05, 4.69) is 37.3 Å². The summed E-state index contributed by atoms with van der Waals surface area (Å²) in [4.78, 5) is 12.0. The summed E-state index contributed by atoms with van der Waals surface area (Å²) >= 11 is 0. The number of esters is 1. The van der Waals surface area contributed by atoms with Gasteiger partial charge in [-0.3, -0.25) is 4.79 Å². The second-order valence-corrected chi connectivity index (χ2v) is 5.83. The summed E-state index contributed by atoms with van der Waals surface area (Å²) in [5.41, 5.74) is 1.23. The van der Waals surface area contributed by atoms with Crippen LogP contribution in [0.2, 0.25) is 0 Å². The molecular weight excluding hydrogens is 260 g/mol. The third-order valence-electron chi connectivity index (χ3n) is 3.66. The van der Waals surface area contributed by atoms with Crippen molar-refractivity contribution in [2.75, 3.05) is 0 Å². The molecule has 0 spiro atoms. The van der Waals surface area contributed by atoms with Crippen molar-refractivity contribution >= 4 is 16.7 Å². The number of hydrogen-bond donors (Lipinski definition) is 0. The van der Waals surface area contributed by atoms with Crippen LogP contribution in [0.15, 0.2) is 42.5 Å². The van der Waals surface area contributed by atoms with E-state index in [9.17, 15) is 4.79 Å². The van der Waals surface area contributed by atoms with Gasteiger partial charge in [0, 0.05) is 0 Å². The van der Waals surface area contributed by atoms with Crippen LogP contribution in [0.1, 0.15) is 51.5 Å². The van der Waals surface area contributed by atoms with Crippen LogP contribution in [-0.4, -0.2) is 12.1 Å². The van der Waals surface area contributed by atoms with Crippen molar-refractivity contribution in [3.63, 3.8) is 0 Å². The van der Waals surface area contributed by atoms with Gasteiger partial charge >= 0.3 is 5.97 Å². The molecule has 0 unspecified atom stereocenters. The summed E-state index contributed by atoms with van der Waals surface area (Å²) in [5.74, 6) is 0.141. The number of hydrogen-bond acceptors (Lipinski definition) is 2. The van der Waals surface area contributed by atoms with Crippen molar-refractivity contribution in [2.24, 2.45) is 0 Å².